The lowest BCUT2D eigenvalue weighted by Crippen LogP contribution is -2.21. The molecular weight excluding hydrogens is 298 g/mol. The molecule has 7 heteroatoms. The predicted molar refractivity (Wildman–Crippen MR) is 80.1 cm³/mol. The standard InChI is InChI=1S/C13H16ClN3O2S/c1-18-11(19-2)8-17-12(15-16-13(17)20-3)9-4-6-10(14)7-5-9/h4-7,11H,8H2,1-3H3. The molecule has 5 nitrogen and oxygen atoms in total. The summed E-state index contributed by atoms with van der Waals surface area (Å²) in [5.74, 6) is 0.769. The average molecular weight is 314 g/mol. The summed E-state index contributed by atoms with van der Waals surface area (Å²) in [6, 6.07) is 7.50. The summed E-state index contributed by atoms with van der Waals surface area (Å²) in [5.41, 5.74) is 0.952. The van der Waals surface area contributed by atoms with E-state index < -0.39 is 0 Å². The molecule has 20 heavy (non-hydrogen) atoms. The first-order valence-corrected chi connectivity index (χ1v) is 7.58. The molecule has 0 fully saturated rings. The average Bonchev–Trinajstić information content (AvgIpc) is 2.88. The SMILES string of the molecule is COC(Cn1c(SC)nnc1-c1ccc(Cl)cc1)OC. The highest BCUT2D eigenvalue weighted by Gasteiger charge is 2.17. The summed E-state index contributed by atoms with van der Waals surface area (Å²) in [4.78, 5) is 0. The fraction of sp³-hybridized carbons (Fsp3) is 0.385. The molecule has 0 aliphatic carbocycles. The zero-order valence-electron chi connectivity index (χ0n) is 11.5. The molecule has 0 amide bonds. The maximum Gasteiger partial charge on any atom is 0.191 e. The van der Waals surface area contributed by atoms with E-state index in [1.54, 1.807) is 14.2 Å². The summed E-state index contributed by atoms with van der Waals surface area (Å²) >= 11 is 7.44. The molecule has 0 saturated carbocycles. The van der Waals surface area contributed by atoms with Crippen LogP contribution in [0.5, 0.6) is 0 Å². The number of hydrogen-bond donors (Lipinski definition) is 0. The van der Waals surface area contributed by atoms with Gasteiger partial charge >= 0.3 is 0 Å². The Morgan fingerprint density at radius 2 is 1.85 bits per heavy atom. The van der Waals surface area contributed by atoms with Gasteiger partial charge in [-0.05, 0) is 30.5 Å². The molecule has 1 aromatic carbocycles. The Bertz CT molecular complexity index is 555. The Hall–Kier alpha value is -1.08. The van der Waals surface area contributed by atoms with Crippen LogP contribution >= 0.6 is 23.4 Å². The fourth-order valence-corrected chi connectivity index (χ4v) is 2.44. The maximum atomic E-state index is 5.91. The number of benzene rings is 1. The van der Waals surface area contributed by atoms with Crippen LogP contribution in [0.1, 0.15) is 0 Å². The van der Waals surface area contributed by atoms with Crippen molar-refractivity contribution in [2.24, 2.45) is 0 Å². The lowest BCUT2D eigenvalue weighted by Gasteiger charge is -2.16. The van der Waals surface area contributed by atoms with Crippen molar-refractivity contribution in [3.63, 3.8) is 0 Å². The molecule has 0 unspecified atom stereocenters. The summed E-state index contributed by atoms with van der Waals surface area (Å²) < 4.78 is 12.5. The number of halogens is 1. The molecule has 2 rings (SSSR count). The third kappa shape index (κ3) is 3.32. The van der Waals surface area contributed by atoms with E-state index >= 15 is 0 Å². The Labute approximate surface area is 127 Å². The number of rotatable bonds is 6. The smallest absolute Gasteiger partial charge is 0.191 e. The second kappa shape index (κ2) is 7.08. The van der Waals surface area contributed by atoms with Gasteiger partial charge in [-0.25, -0.2) is 0 Å². The number of thioether (sulfide) groups is 1. The van der Waals surface area contributed by atoms with Gasteiger partial charge in [-0.15, -0.1) is 10.2 Å². The minimum Gasteiger partial charge on any atom is -0.354 e. The molecule has 108 valence electrons. The number of ether oxygens (including phenoxy) is 2. The zero-order valence-corrected chi connectivity index (χ0v) is 13.1. The van der Waals surface area contributed by atoms with Gasteiger partial charge in [0.05, 0.1) is 6.54 Å². The van der Waals surface area contributed by atoms with E-state index in [0.717, 1.165) is 16.5 Å². The van der Waals surface area contributed by atoms with E-state index in [2.05, 4.69) is 10.2 Å². The maximum absolute atomic E-state index is 5.91. The van der Waals surface area contributed by atoms with Gasteiger partial charge in [0.2, 0.25) is 0 Å². The van der Waals surface area contributed by atoms with Gasteiger partial charge in [0.15, 0.2) is 17.3 Å². The molecule has 0 aliphatic heterocycles. The molecule has 0 spiro atoms. The number of nitrogens with zero attached hydrogens (tertiary/aromatic N) is 3. The van der Waals surface area contributed by atoms with Crippen molar-refractivity contribution in [3.8, 4) is 11.4 Å². The lowest BCUT2D eigenvalue weighted by molar-refractivity contribution is -0.111. The molecule has 0 radical (unpaired) electrons. The summed E-state index contributed by atoms with van der Waals surface area (Å²) in [7, 11) is 3.22. The molecular formula is C13H16ClN3O2S. The Morgan fingerprint density at radius 1 is 1.20 bits per heavy atom. The highest BCUT2D eigenvalue weighted by molar-refractivity contribution is 7.98. The van der Waals surface area contributed by atoms with Crippen LogP contribution < -0.4 is 0 Å². The van der Waals surface area contributed by atoms with E-state index in [-0.39, 0.29) is 6.29 Å². The van der Waals surface area contributed by atoms with E-state index in [4.69, 9.17) is 21.1 Å². The van der Waals surface area contributed by atoms with Crippen LogP contribution in [0.3, 0.4) is 0 Å². The fourth-order valence-electron chi connectivity index (χ4n) is 1.81. The van der Waals surface area contributed by atoms with Gasteiger partial charge in [0.25, 0.3) is 0 Å². The minimum absolute atomic E-state index is 0.344. The molecule has 0 N–H and O–H groups in total. The largest absolute Gasteiger partial charge is 0.354 e. The van der Waals surface area contributed by atoms with Crippen LogP contribution in [0, 0.1) is 0 Å². The van der Waals surface area contributed by atoms with Gasteiger partial charge in [-0.3, -0.25) is 4.57 Å². The van der Waals surface area contributed by atoms with Crippen molar-refractivity contribution in [1.29, 1.82) is 0 Å². The van der Waals surface area contributed by atoms with Gasteiger partial charge in [0.1, 0.15) is 0 Å². The van der Waals surface area contributed by atoms with Crippen molar-refractivity contribution in [2.45, 2.75) is 18.0 Å². The number of methoxy groups -OCH3 is 2. The lowest BCUT2D eigenvalue weighted by atomic mass is 10.2. The molecule has 0 aliphatic rings. The van der Waals surface area contributed by atoms with Gasteiger partial charge in [-0.2, -0.15) is 0 Å². The summed E-state index contributed by atoms with van der Waals surface area (Å²) in [6.45, 7) is 0.522. The second-order valence-electron chi connectivity index (χ2n) is 4.03. The van der Waals surface area contributed by atoms with Gasteiger partial charge in [-0.1, -0.05) is 23.4 Å². The van der Waals surface area contributed by atoms with Crippen LogP contribution in [0.15, 0.2) is 29.4 Å². The van der Waals surface area contributed by atoms with Crippen molar-refractivity contribution in [3.05, 3.63) is 29.3 Å². The third-order valence-electron chi connectivity index (χ3n) is 2.86. The zero-order chi connectivity index (χ0) is 14.5. The normalized spacial score (nSPS) is 11.2. The molecule has 2 aromatic rings. The number of hydrogen-bond acceptors (Lipinski definition) is 5. The summed E-state index contributed by atoms with van der Waals surface area (Å²) in [6.07, 6.45) is 1.61. The van der Waals surface area contributed by atoms with E-state index in [0.29, 0.717) is 11.6 Å². The van der Waals surface area contributed by atoms with Gasteiger partial charge in [0, 0.05) is 24.8 Å². The third-order valence-corrected chi connectivity index (χ3v) is 3.78. The first-order valence-electron chi connectivity index (χ1n) is 5.98. The Kier molecular flexibility index (Phi) is 5.42. The van der Waals surface area contributed by atoms with Crippen LogP contribution in [0.2, 0.25) is 5.02 Å². The second-order valence-corrected chi connectivity index (χ2v) is 5.24. The topological polar surface area (TPSA) is 49.2 Å². The van der Waals surface area contributed by atoms with E-state index in [1.165, 1.54) is 11.8 Å². The molecule has 1 aromatic heterocycles. The quantitative estimate of drug-likeness (QED) is 0.606. The Balaban J connectivity index is 2.38. The van der Waals surface area contributed by atoms with Crippen LogP contribution in [-0.2, 0) is 16.0 Å². The van der Waals surface area contributed by atoms with Crippen LogP contribution in [0.25, 0.3) is 11.4 Å². The van der Waals surface area contributed by atoms with Crippen molar-refractivity contribution >= 4 is 23.4 Å². The highest BCUT2D eigenvalue weighted by atomic mass is 35.5. The van der Waals surface area contributed by atoms with Gasteiger partial charge < -0.3 is 9.47 Å². The monoisotopic (exact) mass is 313 g/mol. The van der Waals surface area contributed by atoms with Crippen molar-refractivity contribution in [1.82, 2.24) is 14.8 Å². The van der Waals surface area contributed by atoms with E-state index in [1.807, 2.05) is 35.1 Å². The highest BCUT2D eigenvalue weighted by Crippen LogP contribution is 2.24. The van der Waals surface area contributed by atoms with Crippen LogP contribution in [-0.4, -0.2) is 41.5 Å². The molecule has 0 bridgehead atoms. The first kappa shape index (κ1) is 15.3. The molecule has 1 heterocycles. The van der Waals surface area contributed by atoms with Crippen molar-refractivity contribution < 1.29 is 9.47 Å². The minimum atomic E-state index is -0.344. The molecule has 0 saturated heterocycles. The Morgan fingerprint density at radius 3 is 2.40 bits per heavy atom. The molecule has 0 atom stereocenters. The predicted octanol–water partition coefficient (Wildman–Crippen LogP) is 2.94. The van der Waals surface area contributed by atoms with Crippen LogP contribution in [0.4, 0.5) is 0 Å². The number of aromatic nitrogens is 3. The van der Waals surface area contributed by atoms with Crippen molar-refractivity contribution in [2.75, 3.05) is 20.5 Å². The van der Waals surface area contributed by atoms with E-state index in [9.17, 15) is 0 Å². The first-order chi connectivity index (χ1) is 9.69. The summed E-state index contributed by atoms with van der Waals surface area (Å²) in [5, 5.41) is 9.94.